The molecule has 0 spiro atoms. The van der Waals surface area contributed by atoms with Gasteiger partial charge in [0, 0.05) is 57.9 Å². The Bertz CT molecular complexity index is 863. The highest BCUT2D eigenvalue weighted by molar-refractivity contribution is 5.68. The molecule has 0 unspecified atom stereocenters. The molecular weight excluding hydrogens is 432 g/mol. The van der Waals surface area contributed by atoms with Gasteiger partial charge in [0.25, 0.3) is 0 Å². The van der Waals surface area contributed by atoms with Crippen LogP contribution in [0.5, 0.6) is 0 Å². The fourth-order valence-electron chi connectivity index (χ4n) is 4.55. The van der Waals surface area contributed by atoms with E-state index in [1.807, 2.05) is 24.3 Å². The lowest BCUT2D eigenvalue weighted by molar-refractivity contribution is 0.0288. The van der Waals surface area contributed by atoms with E-state index in [2.05, 4.69) is 38.6 Å². The van der Waals surface area contributed by atoms with Gasteiger partial charge >= 0.3 is 0 Å². The molecule has 0 radical (unpaired) electrons. The van der Waals surface area contributed by atoms with Crippen molar-refractivity contribution in [1.82, 2.24) is 15.0 Å². The van der Waals surface area contributed by atoms with Crippen molar-refractivity contribution < 1.29 is 19.1 Å². The molecule has 1 aromatic carbocycles. The number of rotatable bonds is 12. The number of aliphatic hydroxyl groups is 1. The van der Waals surface area contributed by atoms with E-state index in [1.165, 1.54) is 0 Å². The van der Waals surface area contributed by atoms with Gasteiger partial charge in [-0.1, -0.05) is 41.6 Å². The third-order valence-corrected chi connectivity index (χ3v) is 6.50. The Morgan fingerprint density at radius 1 is 1.06 bits per heavy atom. The number of nitrogens with zero attached hydrogens (tertiary/aromatic N) is 4. The SMILES string of the molecule is C=CCC[C@@H](O)CN(CCN1CCOCC1)Cc1c(-c2ccccc2)noc1N1CCOCC1. The maximum atomic E-state index is 10.7. The molecule has 0 bridgehead atoms. The molecular formula is C26H38N4O4. The van der Waals surface area contributed by atoms with Crippen LogP contribution < -0.4 is 4.90 Å². The molecule has 8 heteroatoms. The second kappa shape index (κ2) is 13.0. The van der Waals surface area contributed by atoms with E-state index in [4.69, 9.17) is 14.0 Å². The van der Waals surface area contributed by atoms with Gasteiger partial charge in [-0.3, -0.25) is 9.80 Å². The van der Waals surface area contributed by atoms with E-state index in [0.717, 1.165) is 81.6 Å². The number of aromatic nitrogens is 1. The van der Waals surface area contributed by atoms with Gasteiger partial charge < -0.3 is 24.0 Å². The molecule has 1 atom stereocenters. The molecule has 3 heterocycles. The average Bonchev–Trinajstić information content (AvgIpc) is 3.31. The normalized spacial score (nSPS) is 18.4. The van der Waals surface area contributed by atoms with Crippen molar-refractivity contribution in [3.05, 3.63) is 48.6 Å². The minimum absolute atomic E-state index is 0.408. The van der Waals surface area contributed by atoms with Crippen LogP contribution in [0.1, 0.15) is 18.4 Å². The topological polar surface area (TPSA) is 74.4 Å². The number of hydrogen-bond acceptors (Lipinski definition) is 8. The van der Waals surface area contributed by atoms with Crippen LogP contribution >= 0.6 is 0 Å². The lowest BCUT2D eigenvalue weighted by Gasteiger charge is -2.32. The summed E-state index contributed by atoms with van der Waals surface area (Å²) in [5, 5.41) is 15.2. The fraction of sp³-hybridized carbons (Fsp3) is 0.577. The largest absolute Gasteiger partial charge is 0.392 e. The van der Waals surface area contributed by atoms with Crippen LogP contribution in [-0.2, 0) is 16.0 Å². The minimum Gasteiger partial charge on any atom is -0.392 e. The van der Waals surface area contributed by atoms with Gasteiger partial charge in [0.1, 0.15) is 5.69 Å². The van der Waals surface area contributed by atoms with Gasteiger partial charge in [0.05, 0.1) is 38.1 Å². The monoisotopic (exact) mass is 470 g/mol. The summed E-state index contributed by atoms with van der Waals surface area (Å²) >= 11 is 0. The lowest BCUT2D eigenvalue weighted by atomic mass is 10.1. The van der Waals surface area contributed by atoms with E-state index >= 15 is 0 Å². The van der Waals surface area contributed by atoms with E-state index in [1.54, 1.807) is 0 Å². The zero-order valence-corrected chi connectivity index (χ0v) is 20.1. The Hall–Kier alpha value is -2.23. The van der Waals surface area contributed by atoms with Gasteiger partial charge in [0.2, 0.25) is 5.88 Å². The summed E-state index contributed by atoms with van der Waals surface area (Å²) < 4.78 is 17.0. The average molecular weight is 471 g/mol. The van der Waals surface area contributed by atoms with Crippen LogP contribution in [0.4, 0.5) is 5.88 Å². The predicted molar refractivity (Wildman–Crippen MR) is 133 cm³/mol. The summed E-state index contributed by atoms with van der Waals surface area (Å²) in [6, 6.07) is 10.2. The standard InChI is InChI=1S/C26H38N4O4/c1-2-3-9-23(31)20-29(11-10-28-12-16-32-17-13-28)21-24-25(22-7-5-4-6-8-22)27-34-26(24)30-14-18-33-19-15-30/h2,4-8,23,31H,1,3,9-21H2/t23-/m1/s1. The summed E-state index contributed by atoms with van der Waals surface area (Å²) in [5.41, 5.74) is 2.99. The Balaban J connectivity index is 1.56. The number of benzene rings is 1. The fourth-order valence-corrected chi connectivity index (χ4v) is 4.55. The zero-order chi connectivity index (χ0) is 23.6. The molecule has 8 nitrogen and oxygen atoms in total. The molecule has 2 fully saturated rings. The molecule has 1 aromatic heterocycles. The van der Waals surface area contributed by atoms with Crippen LogP contribution in [0.15, 0.2) is 47.5 Å². The van der Waals surface area contributed by atoms with Crippen LogP contribution in [0.2, 0.25) is 0 Å². The zero-order valence-electron chi connectivity index (χ0n) is 20.1. The Morgan fingerprint density at radius 2 is 1.76 bits per heavy atom. The number of aliphatic hydroxyl groups excluding tert-OH is 1. The number of anilines is 1. The molecule has 0 amide bonds. The third-order valence-electron chi connectivity index (χ3n) is 6.50. The van der Waals surface area contributed by atoms with E-state index < -0.39 is 6.10 Å². The van der Waals surface area contributed by atoms with Gasteiger partial charge in [0.15, 0.2) is 0 Å². The molecule has 2 aliphatic heterocycles. The summed E-state index contributed by atoms with van der Waals surface area (Å²) in [6.45, 7) is 13.3. The van der Waals surface area contributed by atoms with Gasteiger partial charge in [-0.2, -0.15) is 0 Å². The van der Waals surface area contributed by atoms with Crippen molar-refractivity contribution in [3.63, 3.8) is 0 Å². The van der Waals surface area contributed by atoms with Crippen LogP contribution in [0, 0.1) is 0 Å². The quantitative estimate of drug-likeness (QED) is 0.475. The number of ether oxygens (including phenoxy) is 2. The Morgan fingerprint density at radius 3 is 2.47 bits per heavy atom. The Labute approximate surface area is 202 Å². The van der Waals surface area contributed by atoms with E-state index in [0.29, 0.717) is 32.7 Å². The number of allylic oxidation sites excluding steroid dienone is 1. The summed E-state index contributed by atoms with van der Waals surface area (Å²) in [7, 11) is 0. The Kier molecular flexibility index (Phi) is 9.53. The summed E-state index contributed by atoms with van der Waals surface area (Å²) in [6.07, 6.45) is 2.98. The molecule has 2 saturated heterocycles. The third kappa shape index (κ3) is 6.90. The molecule has 0 saturated carbocycles. The van der Waals surface area contributed by atoms with Crippen LogP contribution in [0.3, 0.4) is 0 Å². The van der Waals surface area contributed by atoms with Crippen molar-refractivity contribution in [2.45, 2.75) is 25.5 Å². The highest BCUT2D eigenvalue weighted by Crippen LogP contribution is 2.33. The number of hydrogen-bond donors (Lipinski definition) is 1. The number of morpholine rings is 2. The first-order valence-corrected chi connectivity index (χ1v) is 12.4. The van der Waals surface area contributed by atoms with E-state index in [-0.39, 0.29) is 0 Å². The minimum atomic E-state index is -0.408. The summed E-state index contributed by atoms with van der Waals surface area (Å²) in [4.78, 5) is 7.00. The lowest BCUT2D eigenvalue weighted by Crippen LogP contribution is -2.43. The maximum absolute atomic E-state index is 10.7. The smallest absolute Gasteiger partial charge is 0.232 e. The highest BCUT2D eigenvalue weighted by atomic mass is 16.5. The van der Waals surface area contributed by atoms with Crippen LogP contribution in [-0.4, -0.2) is 98.4 Å². The van der Waals surface area contributed by atoms with Crippen molar-refractivity contribution in [3.8, 4) is 11.3 Å². The summed E-state index contributed by atoms with van der Waals surface area (Å²) in [5.74, 6) is 0.819. The molecule has 4 rings (SSSR count). The maximum Gasteiger partial charge on any atom is 0.232 e. The first-order chi connectivity index (χ1) is 16.7. The van der Waals surface area contributed by atoms with Gasteiger partial charge in [-0.05, 0) is 12.8 Å². The van der Waals surface area contributed by atoms with Crippen molar-refractivity contribution in [2.24, 2.45) is 0 Å². The second-order valence-corrected chi connectivity index (χ2v) is 8.99. The first kappa shape index (κ1) is 24.9. The van der Waals surface area contributed by atoms with Gasteiger partial charge in [-0.15, -0.1) is 6.58 Å². The highest BCUT2D eigenvalue weighted by Gasteiger charge is 2.26. The van der Waals surface area contributed by atoms with Crippen molar-refractivity contribution in [1.29, 1.82) is 0 Å². The molecule has 2 aliphatic rings. The molecule has 2 aromatic rings. The van der Waals surface area contributed by atoms with Crippen LogP contribution in [0.25, 0.3) is 11.3 Å². The molecule has 186 valence electrons. The molecule has 0 aliphatic carbocycles. The predicted octanol–water partition coefficient (Wildman–Crippen LogP) is 2.64. The van der Waals surface area contributed by atoms with E-state index in [9.17, 15) is 5.11 Å². The van der Waals surface area contributed by atoms with Crippen molar-refractivity contribution in [2.75, 3.05) is 77.1 Å². The van der Waals surface area contributed by atoms with Crippen molar-refractivity contribution >= 4 is 5.88 Å². The molecule has 1 N–H and O–H groups in total. The van der Waals surface area contributed by atoms with Gasteiger partial charge in [-0.25, -0.2) is 0 Å². The first-order valence-electron chi connectivity index (χ1n) is 12.4. The second-order valence-electron chi connectivity index (χ2n) is 8.99. The molecule has 34 heavy (non-hydrogen) atoms.